The van der Waals surface area contributed by atoms with E-state index >= 15 is 0 Å². The van der Waals surface area contributed by atoms with Crippen LogP contribution in [-0.4, -0.2) is 39.7 Å². The molecule has 0 unspecified atom stereocenters. The van der Waals surface area contributed by atoms with Crippen molar-refractivity contribution in [1.29, 1.82) is 0 Å². The molecule has 0 saturated carbocycles. The zero-order valence-corrected chi connectivity index (χ0v) is 19.1. The summed E-state index contributed by atoms with van der Waals surface area (Å²) in [5.41, 5.74) is 1.69. The van der Waals surface area contributed by atoms with Crippen LogP contribution in [0.4, 0.5) is 4.39 Å². The molecular formula is C25H23FN4O2S. The van der Waals surface area contributed by atoms with E-state index in [0.29, 0.717) is 11.0 Å². The van der Waals surface area contributed by atoms with Gasteiger partial charge in [0.1, 0.15) is 11.9 Å². The Hall–Kier alpha value is -3.65. The molecule has 0 saturated heterocycles. The molecule has 0 aliphatic rings. The Morgan fingerprint density at radius 3 is 2.27 bits per heavy atom. The molecule has 6 nitrogen and oxygen atoms in total. The standard InChI is InChI=1S/C25H23FN4O2S/c1-29(2)24(31)23(18-11-5-3-6-12-18)33-25-28-27-22(30(25)19-13-7-4-8-14-19)17-32-21-16-10-9-15-20(21)26/h3-16,23H,17H2,1-2H3/t23-/m0/s1. The number of hydrogen-bond acceptors (Lipinski definition) is 5. The minimum absolute atomic E-state index is 0.0149. The number of benzene rings is 3. The van der Waals surface area contributed by atoms with Crippen molar-refractivity contribution in [2.24, 2.45) is 0 Å². The van der Waals surface area contributed by atoms with Crippen LogP contribution >= 0.6 is 11.8 Å². The lowest BCUT2D eigenvalue weighted by molar-refractivity contribution is -0.128. The number of para-hydroxylation sites is 2. The average molecular weight is 463 g/mol. The smallest absolute Gasteiger partial charge is 0.240 e. The van der Waals surface area contributed by atoms with Gasteiger partial charge in [-0.1, -0.05) is 72.4 Å². The molecule has 168 valence electrons. The molecule has 4 aromatic rings. The van der Waals surface area contributed by atoms with Crippen LogP contribution in [0.1, 0.15) is 16.6 Å². The van der Waals surface area contributed by atoms with Crippen molar-refractivity contribution in [1.82, 2.24) is 19.7 Å². The van der Waals surface area contributed by atoms with Gasteiger partial charge in [0.05, 0.1) is 0 Å². The number of halogens is 1. The largest absolute Gasteiger partial charge is 0.483 e. The van der Waals surface area contributed by atoms with E-state index in [2.05, 4.69) is 10.2 Å². The Labute approximate surface area is 196 Å². The van der Waals surface area contributed by atoms with Crippen LogP contribution in [0.3, 0.4) is 0 Å². The van der Waals surface area contributed by atoms with Crippen LogP contribution in [0.15, 0.2) is 90.1 Å². The predicted molar refractivity (Wildman–Crippen MR) is 126 cm³/mol. The molecular weight excluding hydrogens is 439 g/mol. The summed E-state index contributed by atoms with van der Waals surface area (Å²) in [6, 6.07) is 25.4. The highest BCUT2D eigenvalue weighted by Gasteiger charge is 2.27. The first kappa shape index (κ1) is 22.5. The van der Waals surface area contributed by atoms with Gasteiger partial charge < -0.3 is 9.64 Å². The van der Waals surface area contributed by atoms with E-state index in [9.17, 15) is 9.18 Å². The van der Waals surface area contributed by atoms with Crippen molar-refractivity contribution < 1.29 is 13.9 Å². The molecule has 0 bridgehead atoms. The molecule has 4 rings (SSSR count). The third-order valence-electron chi connectivity index (χ3n) is 4.90. The first-order valence-corrected chi connectivity index (χ1v) is 11.2. The van der Waals surface area contributed by atoms with Gasteiger partial charge in [-0.15, -0.1) is 10.2 Å². The van der Waals surface area contributed by atoms with E-state index in [4.69, 9.17) is 4.74 Å². The highest BCUT2D eigenvalue weighted by molar-refractivity contribution is 8.00. The molecule has 0 fully saturated rings. The highest BCUT2D eigenvalue weighted by Crippen LogP contribution is 2.37. The number of aromatic nitrogens is 3. The molecule has 0 N–H and O–H groups in total. The Morgan fingerprint density at radius 2 is 1.61 bits per heavy atom. The molecule has 3 aromatic carbocycles. The number of carbonyl (C=O) groups is 1. The topological polar surface area (TPSA) is 60.3 Å². The van der Waals surface area contributed by atoms with E-state index in [0.717, 1.165) is 11.3 Å². The monoisotopic (exact) mass is 462 g/mol. The van der Waals surface area contributed by atoms with Gasteiger partial charge in [-0.05, 0) is 29.8 Å². The highest BCUT2D eigenvalue weighted by atomic mass is 32.2. The van der Waals surface area contributed by atoms with Crippen LogP contribution < -0.4 is 4.74 Å². The molecule has 33 heavy (non-hydrogen) atoms. The summed E-state index contributed by atoms with van der Waals surface area (Å²) in [6.45, 7) is 0.0149. The summed E-state index contributed by atoms with van der Waals surface area (Å²) in [7, 11) is 3.46. The van der Waals surface area contributed by atoms with Crippen LogP contribution in [0, 0.1) is 5.82 Å². The van der Waals surface area contributed by atoms with Crippen LogP contribution in [-0.2, 0) is 11.4 Å². The molecule has 1 atom stereocenters. The first-order valence-electron chi connectivity index (χ1n) is 10.3. The van der Waals surface area contributed by atoms with Crippen molar-refractivity contribution >= 4 is 17.7 Å². The van der Waals surface area contributed by atoms with Crippen LogP contribution in [0.5, 0.6) is 5.75 Å². The fraction of sp³-hybridized carbons (Fsp3) is 0.160. The first-order chi connectivity index (χ1) is 16.0. The van der Waals surface area contributed by atoms with Crippen LogP contribution in [0.2, 0.25) is 0 Å². The Bertz CT molecular complexity index is 1220. The average Bonchev–Trinajstić information content (AvgIpc) is 3.25. The van der Waals surface area contributed by atoms with Gasteiger partial charge in [0.25, 0.3) is 0 Å². The SMILES string of the molecule is CN(C)C(=O)[C@@H](Sc1nnc(COc2ccccc2F)n1-c1ccccc1)c1ccccc1. The second-order valence-electron chi connectivity index (χ2n) is 7.43. The maximum absolute atomic E-state index is 14.0. The van der Waals surface area contributed by atoms with E-state index in [1.54, 1.807) is 37.2 Å². The third-order valence-corrected chi connectivity index (χ3v) is 6.08. The van der Waals surface area contributed by atoms with E-state index in [1.165, 1.54) is 17.8 Å². The maximum atomic E-state index is 14.0. The Kier molecular flexibility index (Phi) is 7.04. The van der Waals surface area contributed by atoms with Gasteiger partial charge in [-0.2, -0.15) is 0 Å². The Balaban J connectivity index is 1.70. The van der Waals surface area contributed by atoms with Crippen molar-refractivity contribution in [3.63, 3.8) is 0 Å². The van der Waals surface area contributed by atoms with Crippen molar-refractivity contribution in [2.75, 3.05) is 14.1 Å². The molecule has 1 aromatic heterocycles. The number of amides is 1. The fourth-order valence-electron chi connectivity index (χ4n) is 3.24. The number of rotatable bonds is 8. The summed E-state index contributed by atoms with van der Waals surface area (Å²) >= 11 is 1.31. The van der Waals surface area contributed by atoms with Crippen molar-refractivity contribution in [2.45, 2.75) is 17.0 Å². The third kappa shape index (κ3) is 5.23. The fourth-order valence-corrected chi connectivity index (χ4v) is 4.46. The Morgan fingerprint density at radius 1 is 0.970 bits per heavy atom. The molecule has 1 heterocycles. The summed E-state index contributed by atoms with van der Waals surface area (Å²) in [5.74, 6) is 0.131. The second kappa shape index (κ2) is 10.3. The number of likely N-dealkylation sites (N-methyl/N-ethyl adjacent to an activating group) is 1. The summed E-state index contributed by atoms with van der Waals surface area (Å²) in [5, 5.41) is 8.71. The summed E-state index contributed by atoms with van der Waals surface area (Å²) < 4.78 is 21.6. The molecule has 0 radical (unpaired) electrons. The van der Waals surface area contributed by atoms with E-state index in [1.807, 2.05) is 65.2 Å². The minimum atomic E-state index is -0.506. The molecule has 0 spiro atoms. The van der Waals surface area contributed by atoms with Gasteiger partial charge >= 0.3 is 0 Å². The second-order valence-corrected chi connectivity index (χ2v) is 8.50. The summed E-state index contributed by atoms with van der Waals surface area (Å²) in [6.07, 6.45) is 0. The quantitative estimate of drug-likeness (QED) is 0.348. The number of nitrogens with zero attached hydrogens (tertiary/aromatic N) is 4. The van der Waals surface area contributed by atoms with E-state index in [-0.39, 0.29) is 18.3 Å². The number of thioether (sulfide) groups is 1. The normalized spacial score (nSPS) is 11.7. The summed E-state index contributed by atoms with van der Waals surface area (Å²) in [4.78, 5) is 14.6. The maximum Gasteiger partial charge on any atom is 0.240 e. The molecule has 8 heteroatoms. The lowest BCUT2D eigenvalue weighted by atomic mass is 10.1. The number of carbonyl (C=O) groups excluding carboxylic acids is 1. The molecule has 0 aliphatic carbocycles. The minimum Gasteiger partial charge on any atom is -0.483 e. The number of ether oxygens (including phenoxy) is 1. The predicted octanol–water partition coefficient (Wildman–Crippen LogP) is 4.91. The lowest BCUT2D eigenvalue weighted by Gasteiger charge is -2.20. The van der Waals surface area contributed by atoms with Crippen molar-refractivity contribution in [3.05, 3.63) is 102 Å². The molecule has 1 amide bonds. The van der Waals surface area contributed by atoms with E-state index < -0.39 is 11.1 Å². The van der Waals surface area contributed by atoms with Gasteiger partial charge in [0.2, 0.25) is 5.91 Å². The van der Waals surface area contributed by atoms with Gasteiger partial charge in [0.15, 0.2) is 22.5 Å². The van der Waals surface area contributed by atoms with Crippen molar-refractivity contribution in [3.8, 4) is 11.4 Å². The van der Waals surface area contributed by atoms with Gasteiger partial charge in [-0.3, -0.25) is 9.36 Å². The molecule has 0 aliphatic heterocycles. The van der Waals surface area contributed by atoms with Crippen LogP contribution in [0.25, 0.3) is 5.69 Å². The zero-order chi connectivity index (χ0) is 23.2. The number of hydrogen-bond donors (Lipinski definition) is 0. The van der Waals surface area contributed by atoms with Gasteiger partial charge in [0, 0.05) is 19.8 Å². The lowest BCUT2D eigenvalue weighted by Crippen LogP contribution is -2.27. The zero-order valence-electron chi connectivity index (χ0n) is 18.3. The van der Waals surface area contributed by atoms with Gasteiger partial charge in [-0.25, -0.2) is 4.39 Å².